The molecule has 8 heteroatoms. The third kappa shape index (κ3) is 32.6. The molecule has 0 fully saturated rings. The summed E-state index contributed by atoms with van der Waals surface area (Å²) in [6.07, 6.45) is 2.24. The van der Waals surface area contributed by atoms with Crippen LogP contribution in [0.2, 0.25) is 0 Å². The summed E-state index contributed by atoms with van der Waals surface area (Å²) in [7, 11) is 0. The van der Waals surface area contributed by atoms with Crippen LogP contribution in [0.5, 0.6) is 0 Å². The second kappa shape index (κ2) is 20.7. The van der Waals surface area contributed by atoms with E-state index in [4.69, 9.17) is 15.3 Å². The van der Waals surface area contributed by atoms with Gasteiger partial charge >= 0.3 is 53.8 Å². The second-order valence-electron chi connectivity index (χ2n) is 5.44. The van der Waals surface area contributed by atoms with Gasteiger partial charge in [-0.1, -0.05) is 20.8 Å². The summed E-state index contributed by atoms with van der Waals surface area (Å²) in [5.74, 6) is 0. The van der Waals surface area contributed by atoms with Gasteiger partial charge in [0.15, 0.2) is 0 Å². The third-order valence-corrected chi connectivity index (χ3v) is 4.84. The molecule has 0 amide bonds. The Morgan fingerprint density at radius 3 is 1.04 bits per heavy atom. The Bertz CT molecular complexity index is 324. The number of rotatable bonds is 4. The molecule has 3 atom stereocenters. The van der Waals surface area contributed by atoms with Crippen LogP contribution in [0, 0.1) is 0 Å². The Balaban J connectivity index is -0.000000122. The Morgan fingerprint density at radius 1 is 0.760 bits per heavy atom. The molecule has 0 aliphatic rings. The fourth-order valence-corrected chi connectivity index (χ4v) is 1.76. The van der Waals surface area contributed by atoms with Gasteiger partial charge in [0.05, 0.1) is 18.3 Å². The number of aliphatic hydroxyl groups is 3. The molecular formula is C17H34F3GeHfO3-. The van der Waals surface area contributed by atoms with Crippen LogP contribution in [0.25, 0.3) is 0 Å². The fourth-order valence-electron chi connectivity index (χ4n) is 0.563. The molecule has 0 heterocycles. The standard InChI is InChI=1S/C5H4F3Ge.3C4H10O.Hf/c6-9(7,8)5-3-1-2-4-5;3*1-3-4(2)5;/h1-4H;3*4-5H,3H2,1-2H3;/q-1;;;;. The van der Waals surface area contributed by atoms with Crippen molar-refractivity contribution < 1.29 is 51.7 Å². The zero-order valence-corrected chi connectivity index (χ0v) is 21.8. The van der Waals surface area contributed by atoms with Crippen LogP contribution in [0.4, 0.5) is 10.5 Å². The average molecular weight is 595 g/mol. The van der Waals surface area contributed by atoms with Crippen molar-refractivity contribution in [2.75, 3.05) is 0 Å². The smallest absolute Gasteiger partial charge is 0 e. The predicted octanol–water partition coefficient (Wildman–Crippen LogP) is 3.79. The van der Waals surface area contributed by atoms with Crippen LogP contribution in [0.3, 0.4) is 0 Å². The van der Waals surface area contributed by atoms with Crippen molar-refractivity contribution >= 4 is 19.1 Å². The van der Waals surface area contributed by atoms with Crippen molar-refractivity contribution in [2.45, 2.75) is 79.1 Å². The molecule has 0 spiro atoms. The molecule has 1 aromatic carbocycles. The minimum atomic E-state index is -5.94. The van der Waals surface area contributed by atoms with E-state index < -0.39 is 19.1 Å². The van der Waals surface area contributed by atoms with Crippen molar-refractivity contribution in [3.8, 4) is 0 Å². The summed E-state index contributed by atoms with van der Waals surface area (Å²) >= 11 is -5.94. The zero-order chi connectivity index (χ0) is 19.8. The van der Waals surface area contributed by atoms with E-state index in [2.05, 4.69) is 0 Å². The van der Waals surface area contributed by atoms with E-state index in [0.29, 0.717) is 0 Å². The van der Waals surface area contributed by atoms with E-state index >= 15 is 0 Å². The van der Waals surface area contributed by atoms with Gasteiger partial charge in [-0.3, -0.25) is 0 Å². The summed E-state index contributed by atoms with van der Waals surface area (Å²) < 4.78 is 35.0. The summed E-state index contributed by atoms with van der Waals surface area (Å²) in [5.41, 5.74) is 0. The minimum Gasteiger partial charge on any atom is 0 e. The molecule has 25 heavy (non-hydrogen) atoms. The Morgan fingerprint density at radius 2 is 0.960 bits per heavy atom. The summed E-state index contributed by atoms with van der Waals surface area (Å²) in [6.45, 7) is 11.2. The minimum absolute atomic E-state index is 0. The monoisotopic (exact) mass is 597 g/mol. The Kier molecular flexibility index (Phi) is 27.4. The van der Waals surface area contributed by atoms with Crippen molar-refractivity contribution in [3.63, 3.8) is 0 Å². The number of hydrogen-bond acceptors (Lipinski definition) is 3. The van der Waals surface area contributed by atoms with Crippen molar-refractivity contribution in [1.29, 1.82) is 0 Å². The Hall–Kier alpha value is 0.433. The van der Waals surface area contributed by atoms with E-state index in [9.17, 15) is 10.5 Å². The van der Waals surface area contributed by atoms with Crippen LogP contribution in [0.1, 0.15) is 60.8 Å². The third-order valence-electron chi connectivity index (χ3n) is 2.76. The molecule has 3 nitrogen and oxygen atoms in total. The molecule has 0 aromatic heterocycles. The predicted molar refractivity (Wildman–Crippen MR) is 96.7 cm³/mol. The maximum absolute atomic E-state index is 11.8. The number of aliphatic hydroxyl groups excluding tert-OH is 3. The van der Waals surface area contributed by atoms with E-state index in [1.54, 1.807) is 20.8 Å². The van der Waals surface area contributed by atoms with Crippen LogP contribution in [0.15, 0.2) is 24.3 Å². The first-order chi connectivity index (χ1) is 10.9. The average Bonchev–Trinajstić information content (AvgIpc) is 3.03. The molecule has 0 saturated carbocycles. The topological polar surface area (TPSA) is 60.7 Å². The van der Waals surface area contributed by atoms with Crippen molar-refractivity contribution in [3.05, 3.63) is 24.3 Å². The van der Waals surface area contributed by atoms with Gasteiger partial charge in [0.25, 0.3) is 0 Å². The van der Waals surface area contributed by atoms with Gasteiger partial charge in [0.1, 0.15) is 0 Å². The molecule has 0 saturated heterocycles. The van der Waals surface area contributed by atoms with Crippen molar-refractivity contribution in [2.24, 2.45) is 0 Å². The molecule has 0 aliphatic heterocycles. The largest absolute Gasteiger partial charge is 0 e. The molecule has 0 radical (unpaired) electrons. The maximum atomic E-state index is 11.8. The molecule has 0 aliphatic carbocycles. The maximum Gasteiger partial charge on any atom is 0 e. The number of halogens is 3. The Labute approximate surface area is 173 Å². The van der Waals surface area contributed by atoms with Gasteiger partial charge in [-0.15, -0.1) is 0 Å². The van der Waals surface area contributed by atoms with E-state index in [1.807, 2.05) is 20.8 Å². The molecular weight excluding hydrogens is 560 g/mol. The van der Waals surface area contributed by atoms with E-state index in [0.717, 1.165) is 31.4 Å². The van der Waals surface area contributed by atoms with Gasteiger partial charge in [-0.05, 0) is 40.0 Å². The van der Waals surface area contributed by atoms with Gasteiger partial charge in [-0.25, -0.2) is 0 Å². The molecule has 3 unspecified atom stereocenters. The van der Waals surface area contributed by atoms with Gasteiger partial charge in [0.2, 0.25) is 0 Å². The fraction of sp³-hybridized carbons (Fsp3) is 0.706. The normalized spacial score (nSPS) is 13.3. The first-order valence-corrected chi connectivity index (χ1v) is 11.7. The van der Waals surface area contributed by atoms with Crippen LogP contribution in [-0.4, -0.2) is 48.3 Å². The van der Waals surface area contributed by atoms with Gasteiger partial charge in [0, 0.05) is 25.8 Å². The summed E-state index contributed by atoms with van der Waals surface area (Å²) in [4.78, 5) is 0. The summed E-state index contributed by atoms with van der Waals surface area (Å²) in [6, 6.07) is 5.07. The van der Waals surface area contributed by atoms with Crippen LogP contribution >= 0.6 is 0 Å². The van der Waals surface area contributed by atoms with E-state index in [1.165, 1.54) is 12.1 Å². The molecule has 3 N–H and O–H groups in total. The zero-order valence-electron chi connectivity index (χ0n) is 16.1. The first-order valence-electron chi connectivity index (χ1n) is 8.25. The molecule has 1 rings (SSSR count). The molecule has 1 aromatic rings. The second-order valence-corrected chi connectivity index (χ2v) is 8.74. The summed E-state index contributed by atoms with van der Waals surface area (Å²) in [5, 5.41) is 25.1. The van der Waals surface area contributed by atoms with Crippen LogP contribution in [-0.2, 0) is 25.8 Å². The quantitative estimate of drug-likeness (QED) is 0.368. The number of hydrogen-bond donors (Lipinski definition) is 3. The van der Waals surface area contributed by atoms with Crippen LogP contribution < -0.4 is 4.40 Å². The van der Waals surface area contributed by atoms with Gasteiger partial charge in [-0.2, -0.15) is 0 Å². The van der Waals surface area contributed by atoms with E-state index in [-0.39, 0.29) is 44.2 Å². The SMILES string of the molecule is CCC(C)O.CCC(C)O.CCC(C)O.[F][Ge]([F])([F])[c-]1cccc1.[Hf]. The van der Waals surface area contributed by atoms with Gasteiger partial charge < -0.3 is 15.3 Å². The van der Waals surface area contributed by atoms with Crippen molar-refractivity contribution in [1.82, 2.24) is 0 Å². The molecule has 0 bridgehead atoms. The molecule has 150 valence electrons. The first kappa shape index (κ1) is 33.1.